The van der Waals surface area contributed by atoms with E-state index in [4.69, 9.17) is 10.1 Å². The minimum atomic E-state index is -2.61. The summed E-state index contributed by atoms with van der Waals surface area (Å²) >= 11 is -2.61. The SMILES string of the molecule is [N-]=[N+]=C(C(N)=O)S(=O)O. The van der Waals surface area contributed by atoms with E-state index >= 15 is 0 Å². The molecule has 0 aromatic heterocycles. The van der Waals surface area contributed by atoms with Crippen LogP contribution in [0.15, 0.2) is 0 Å². The van der Waals surface area contributed by atoms with Crippen LogP contribution in [0, 0.1) is 0 Å². The van der Waals surface area contributed by atoms with Gasteiger partial charge in [-0.05, 0) is 0 Å². The molecule has 0 aliphatic rings. The predicted molar refractivity (Wildman–Crippen MR) is 28.6 cm³/mol. The van der Waals surface area contributed by atoms with Crippen LogP contribution in [0.5, 0.6) is 0 Å². The van der Waals surface area contributed by atoms with Crippen LogP contribution in [0.4, 0.5) is 0 Å². The number of primary amides is 1. The molecule has 0 aliphatic heterocycles. The van der Waals surface area contributed by atoms with Gasteiger partial charge in [0.1, 0.15) is 0 Å². The zero-order valence-electron chi connectivity index (χ0n) is 4.14. The maximum Gasteiger partial charge on any atom is 0.468 e. The smallest absolute Gasteiger partial charge is 0.360 e. The monoisotopic (exact) mass is 149 g/mol. The van der Waals surface area contributed by atoms with Crippen molar-refractivity contribution in [3.63, 3.8) is 0 Å². The Kier molecular flexibility index (Phi) is 2.72. The minimum absolute atomic E-state index is 0.963. The van der Waals surface area contributed by atoms with Gasteiger partial charge in [0.15, 0.2) is 0 Å². The lowest BCUT2D eigenvalue weighted by Crippen LogP contribution is -2.27. The summed E-state index contributed by atoms with van der Waals surface area (Å²) in [5.41, 5.74) is 12.3. The molecule has 7 heteroatoms. The Labute approximate surface area is 52.6 Å². The highest BCUT2D eigenvalue weighted by Gasteiger charge is 2.22. The van der Waals surface area contributed by atoms with E-state index in [0.717, 1.165) is 0 Å². The molecule has 0 fully saturated rings. The van der Waals surface area contributed by atoms with Gasteiger partial charge >= 0.3 is 11.0 Å². The highest BCUT2D eigenvalue weighted by atomic mass is 32.2. The van der Waals surface area contributed by atoms with E-state index in [1.807, 2.05) is 0 Å². The highest BCUT2D eigenvalue weighted by Crippen LogP contribution is 1.74. The average Bonchev–Trinajstić information content (AvgIpc) is 1.64. The molecule has 50 valence electrons. The molecule has 1 unspecified atom stereocenters. The van der Waals surface area contributed by atoms with Crippen molar-refractivity contribution >= 4 is 22.0 Å². The molecular formula is C2H3N3O3S. The summed E-state index contributed by atoms with van der Waals surface area (Å²) in [6.07, 6.45) is 0. The Hall–Kier alpha value is -1.04. The summed E-state index contributed by atoms with van der Waals surface area (Å²) in [7, 11) is 0. The number of carbonyl (C=O) groups is 1. The zero-order valence-corrected chi connectivity index (χ0v) is 4.96. The first-order valence-electron chi connectivity index (χ1n) is 1.72. The fourth-order valence-corrected chi connectivity index (χ4v) is 0.412. The van der Waals surface area contributed by atoms with Crippen molar-refractivity contribution in [3.05, 3.63) is 5.53 Å². The molecule has 0 saturated carbocycles. The fraction of sp³-hybridized carbons (Fsp3) is 0. The maximum atomic E-state index is 9.95. The fourth-order valence-electron chi connectivity index (χ4n) is 0.170. The van der Waals surface area contributed by atoms with Gasteiger partial charge in [0, 0.05) is 0 Å². The normalized spacial score (nSPS) is 11.7. The van der Waals surface area contributed by atoms with Crippen molar-refractivity contribution in [1.82, 2.24) is 0 Å². The van der Waals surface area contributed by atoms with Crippen molar-refractivity contribution in [2.24, 2.45) is 5.73 Å². The summed E-state index contributed by atoms with van der Waals surface area (Å²) in [6.45, 7) is 0. The Morgan fingerprint density at radius 1 is 1.78 bits per heavy atom. The van der Waals surface area contributed by atoms with Crippen LogP contribution >= 0.6 is 0 Å². The second-order valence-corrected chi connectivity index (χ2v) is 1.90. The lowest BCUT2D eigenvalue weighted by Gasteiger charge is -1.78. The lowest BCUT2D eigenvalue weighted by molar-refractivity contribution is -0.115. The van der Waals surface area contributed by atoms with Gasteiger partial charge in [-0.1, -0.05) is 0 Å². The van der Waals surface area contributed by atoms with Gasteiger partial charge in [-0.3, -0.25) is 9.35 Å². The van der Waals surface area contributed by atoms with Crippen molar-refractivity contribution in [1.29, 1.82) is 0 Å². The molecule has 0 rings (SSSR count). The van der Waals surface area contributed by atoms with E-state index in [0.29, 0.717) is 0 Å². The van der Waals surface area contributed by atoms with Crippen LogP contribution in [0.1, 0.15) is 0 Å². The van der Waals surface area contributed by atoms with Crippen LogP contribution in [0.3, 0.4) is 0 Å². The van der Waals surface area contributed by atoms with Crippen LogP contribution < -0.4 is 5.73 Å². The zero-order chi connectivity index (χ0) is 7.44. The Morgan fingerprint density at radius 2 is 2.22 bits per heavy atom. The second-order valence-electron chi connectivity index (χ2n) is 1.02. The van der Waals surface area contributed by atoms with Crippen LogP contribution in [0.25, 0.3) is 5.53 Å². The molecule has 6 nitrogen and oxygen atoms in total. The first-order valence-corrected chi connectivity index (χ1v) is 2.83. The molecule has 0 saturated heterocycles. The first-order chi connectivity index (χ1) is 4.09. The van der Waals surface area contributed by atoms with Crippen molar-refractivity contribution < 1.29 is 18.3 Å². The summed E-state index contributed by atoms with van der Waals surface area (Å²) in [6, 6.07) is 0. The number of hydrogen-bond acceptors (Lipinski definition) is 2. The largest absolute Gasteiger partial charge is 0.468 e. The molecule has 3 N–H and O–H groups in total. The van der Waals surface area contributed by atoms with Gasteiger partial charge in [0.25, 0.3) is 11.1 Å². The topological polar surface area (TPSA) is 117 Å². The van der Waals surface area contributed by atoms with E-state index in [-0.39, 0.29) is 0 Å². The van der Waals surface area contributed by atoms with E-state index in [1.54, 1.807) is 0 Å². The molecule has 0 heterocycles. The summed E-state index contributed by atoms with van der Waals surface area (Å²) in [5, 5.41) is -0.963. The number of amides is 1. The van der Waals surface area contributed by atoms with E-state index in [2.05, 4.69) is 10.5 Å². The Bertz CT molecular complexity index is 189. The first kappa shape index (κ1) is 7.96. The summed E-state index contributed by atoms with van der Waals surface area (Å²) in [5.74, 6) is -1.22. The number of nitrogens with two attached hydrogens (primary N) is 1. The van der Waals surface area contributed by atoms with E-state index in [1.165, 1.54) is 0 Å². The standard InChI is InChI=1S/C2H3N3O3S/c3-1(6)2(5-4)9(7)8/h(H2,3,6)(H,7,8). The van der Waals surface area contributed by atoms with Gasteiger partial charge in [-0.2, -0.15) is 0 Å². The molecule has 0 aromatic rings. The molecule has 1 atom stereocenters. The number of rotatable bonds is 0. The Morgan fingerprint density at radius 3 is 2.22 bits per heavy atom. The predicted octanol–water partition coefficient (Wildman–Crippen LogP) is -1.68. The van der Waals surface area contributed by atoms with Crippen LogP contribution in [0.2, 0.25) is 0 Å². The van der Waals surface area contributed by atoms with Crippen molar-refractivity contribution in [2.75, 3.05) is 0 Å². The summed E-state index contributed by atoms with van der Waals surface area (Å²) < 4.78 is 18.0. The molecule has 9 heavy (non-hydrogen) atoms. The second kappa shape index (κ2) is 3.08. The Balaban J connectivity index is 4.59. The van der Waals surface area contributed by atoms with Crippen molar-refractivity contribution in [3.8, 4) is 0 Å². The third kappa shape index (κ3) is 2.13. The average molecular weight is 149 g/mol. The van der Waals surface area contributed by atoms with Gasteiger partial charge in [-0.25, -0.2) is 4.21 Å². The van der Waals surface area contributed by atoms with E-state index < -0.39 is 22.0 Å². The van der Waals surface area contributed by atoms with Gasteiger partial charge in [0.2, 0.25) is 0 Å². The molecule has 1 amide bonds. The molecule has 0 aromatic carbocycles. The lowest BCUT2D eigenvalue weighted by atomic mass is 10.7. The van der Waals surface area contributed by atoms with Gasteiger partial charge in [-0.15, -0.1) is 4.79 Å². The molecule has 0 bridgehead atoms. The third-order valence-corrected chi connectivity index (χ3v) is 1.08. The van der Waals surface area contributed by atoms with E-state index in [9.17, 15) is 9.00 Å². The number of nitrogens with zero attached hydrogens (tertiary/aromatic N) is 2. The quantitative estimate of drug-likeness (QED) is 0.141. The van der Waals surface area contributed by atoms with Gasteiger partial charge < -0.3 is 11.3 Å². The minimum Gasteiger partial charge on any atom is -0.360 e. The molecule has 0 spiro atoms. The number of hydrogen-bond donors (Lipinski definition) is 2. The van der Waals surface area contributed by atoms with Crippen molar-refractivity contribution in [2.45, 2.75) is 0 Å². The highest BCUT2D eigenvalue weighted by molar-refractivity contribution is 7.97. The molecule has 0 aliphatic carbocycles. The molecular weight excluding hydrogens is 146 g/mol. The van der Waals surface area contributed by atoms with Crippen LogP contribution in [-0.4, -0.2) is 24.5 Å². The third-order valence-electron chi connectivity index (χ3n) is 0.467. The molecule has 0 radical (unpaired) electrons. The van der Waals surface area contributed by atoms with Gasteiger partial charge in [0.05, 0.1) is 0 Å². The summed E-state index contributed by atoms with van der Waals surface area (Å²) in [4.78, 5) is 12.1. The maximum absolute atomic E-state index is 9.95. The number of carbonyl (C=O) groups excluding carboxylic acids is 1. The van der Waals surface area contributed by atoms with Crippen LogP contribution in [-0.2, 0) is 15.9 Å².